The number of nitrogens with zero attached hydrogens (tertiary/aromatic N) is 2. The molecule has 9 heteroatoms. The van der Waals surface area contributed by atoms with E-state index in [1.165, 1.54) is 0 Å². The lowest BCUT2D eigenvalue weighted by Crippen LogP contribution is -2.44. The molecule has 1 heterocycles. The summed E-state index contributed by atoms with van der Waals surface area (Å²) in [5.41, 5.74) is 6.92. The van der Waals surface area contributed by atoms with Crippen molar-refractivity contribution >= 4 is 11.9 Å². The van der Waals surface area contributed by atoms with Gasteiger partial charge in [-0.25, -0.2) is 4.99 Å². The molecule has 1 aliphatic rings. The van der Waals surface area contributed by atoms with Crippen molar-refractivity contribution in [3.05, 3.63) is 70.8 Å². The van der Waals surface area contributed by atoms with E-state index in [2.05, 4.69) is 20.5 Å². The monoisotopic (exact) mass is 447 g/mol. The van der Waals surface area contributed by atoms with Crippen molar-refractivity contribution in [2.24, 2.45) is 10.7 Å². The summed E-state index contributed by atoms with van der Waals surface area (Å²) in [6.45, 7) is 5.40. The first-order valence-electron chi connectivity index (χ1n) is 10.6. The van der Waals surface area contributed by atoms with Gasteiger partial charge < -0.3 is 16.4 Å². The Morgan fingerprint density at radius 3 is 2.38 bits per heavy atom. The second-order valence-electron chi connectivity index (χ2n) is 7.82. The van der Waals surface area contributed by atoms with Crippen LogP contribution in [0.2, 0.25) is 0 Å². The number of rotatable bonds is 7. The third kappa shape index (κ3) is 6.71. The summed E-state index contributed by atoms with van der Waals surface area (Å²) in [5.74, 6) is 0.241. The SMILES string of the molecule is CCNC(=NCc1ccc(C(N)=O)cc1)NC1CCN(Cc2ccc(C(F)(F)F)cc2)C1. The summed E-state index contributed by atoms with van der Waals surface area (Å²) in [4.78, 5) is 18.0. The van der Waals surface area contributed by atoms with E-state index >= 15 is 0 Å². The smallest absolute Gasteiger partial charge is 0.366 e. The number of carbonyl (C=O) groups excluding carboxylic acids is 1. The minimum atomic E-state index is -4.31. The molecule has 3 rings (SSSR count). The van der Waals surface area contributed by atoms with Gasteiger partial charge in [-0.2, -0.15) is 13.2 Å². The molecule has 1 unspecified atom stereocenters. The van der Waals surface area contributed by atoms with Gasteiger partial charge in [0.25, 0.3) is 0 Å². The Balaban J connectivity index is 1.53. The number of nitrogens with one attached hydrogen (secondary N) is 2. The van der Waals surface area contributed by atoms with Crippen molar-refractivity contribution in [1.82, 2.24) is 15.5 Å². The molecule has 1 saturated heterocycles. The molecule has 2 aromatic rings. The molecule has 4 N–H and O–H groups in total. The van der Waals surface area contributed by atoms with Crippen molar-refractivity contribution in [2.45, 2.75) is 38.7 Å². The molecule has 0 aromatic heterocycles. The molecular weight excluding hydrogens is 419 g/mol. The lowest BCUT2D eigenvalue weighted by atomic mass is 10.1. The number of primary amides is 1. The van der Waals surface area contributed by atoms with Gasteiger partial charge in [-0.05, 0) is 48.7 Å². The molecule has 1 amide bonds. The highest BCUT2D eigenvalue weighted by molar-refractivity contribution is 5.92. The highest BCUT2D eigenvalue weighted by Gasteiger charge is 2.30. The molecular formula is C23H28F3N5O. The van der Waals surface area contributed by atoms with Crippen molar-refractivity contribution < 1.29 is 18.0 Å². The highest BCUT2D eigenvalue weighted by Crippen LogP contribution is 2.29. The Bertz CT molecular complexity index is 926. The summed E-state index contributed by atoms with van der Waals surface area (Å²) >= 11 is 0. The maximum atomic E-state index is 12.7. The molecule has 0 spiro atoms. The summed E-state index contributed by atoms with van der Waals surface area (Å²) < 4.78 is 38.2. The van der Waals surface area contributed by atoms with Crippen LogP contribution in [0.1, 0.15) is 40.4 Å². The third-order valence-electron chi connectivity index (χ3n) is 5.30. The van der Waals surface area contributed by atoms with E-state index in [9.17, 15) is 18.0 Å². The van der Waals surface area contributed by atoms with Crippen LogP contribution >= 0.6 is 0 Å². The van der Waals surface area contributed by atoms with Crippen LogP contribution < -0.4 is 16.4 Å². The van der Waals surface area contributed by atoms with Crippen LogP contribution in [0.4, 0.5) is 13.2 Å². The minimum absolute atomic E-state index is 0.194. The Hall–Kier alpha value is -3.07. The summed E-state index contributed by atoms with van der Waals surface area (Å²) in [7, 11) is 0. The molecule has 0 radical (unpaired) electrons. The Morgan fingerprint density at radius 1 is 1.12 bits per heavy atom. The van der Waals surface area contributed by atoms with Gasteiger partial charge in [-0.1, -0.05) is 24.3 Å². The molecule has 1 atom stereocenters. The van der Waals surface area contributed by atoms with Crippen LogP contribution in [0.25, 0.3) is 0 Å². The number of likely N-dealkylation sites (tertiary alicyclic amines) is 1. The fourth-order valence-electron chi connectivity index (χ4n) is 3.61. The van der Waals surface area contributed by atoms with E-state index in [1.54, 1.807) is 24.3 Å². The van der Waals surface area contributed by atoms with E-state index < -0.39 is 17.6 Å². The van der Waals surface area contributed by atoms with E-state index in [0.29, 0.717) is 31.2 Å². The van der Waals surface area contributed by atoms with Crippen molar-refractivity contribution in [1.29, 1.82) is 0 Å². The number of hydrogen-bond acceptors (Lipinski definition) is 3. The summed E-state index contributed by atoms with van der Waals surface area (Å²) in [6, 6.07) is 12.6. The highest BCUT2D eigenvalue weighted by atomic mass is 19.4. The maximum absolute atomic E-state index is 12.7. The molecule has 172 valence electrons. The Kier molecular flexibility index (Phi) is 7.74. The van der Waals surface area contributed by atoms with E-state index in [4.69, 9.17) is 5.73 Å². The average Bonchev–Trinajstić information content (AvgIpc) is 3.19. The largest absolute Gasteiger partial charge is 0.416 e. The van der Waals surface area contributed by atoms with Crippen LogP contribution in [-0.2, 0) is 19.3 Å². The summed E-state index contributed by atoms with van der Waals surface area (Å²) in [6.07, 6.45) is -3.40. The Morgan fingerprint density at radius 2 is 1.78 bits per heavy atom. The van der Waals surface area contributed by atoms with Crippen molar-refractivity contribution in [3.8, 4) is 0 Å². The molecule has 2 aromatic carbocycles. The zero-order chi connectivity index (χ0) is 23.1. The van der Waals surface area contributed by atoms with Gasteiger partial charge >= 0.3 is 6.18 Å². The topological polar surface area (TPSA) is 82.7 Å². The van der Waals surface area contributed by atoms with Gasteiger partial charge in [-0.3, -0.25) is 9.69 Å². The number of nitrogens with two attached hydrogens (primary N) is 1. The lowest BCUT2D eigenvalue weighted by Gasteiger charge is -2.19. The first-order valence-corrected chi connectivity index (χ1v) is 10.6. The van der Waals surface area contributed by atoms with Gasteiger partial charge in [0.15, 0.2) is 5.96 Å². The predicted molar refractivity (Wildman–Crippen MR) is 118 cm³/mol. The molecule has 0 saturated carbocycles. The maximum Gasteiger partial charge on any atom is 0.416 e. The third-order valence-corrected chi connectivity index (χ3v) is 5.30. The van der Waals surface area contributed by atoms with Gasteiger partial charge in [0.05, 0.1) is 12.1 Å². The molecule has 6 nitrogen and oxygen atoms in total. The first kappa shape index (κ1) is 23.6. The van der Waals surface area contributed by atoms with E-state index in [0.717, 1.165) is 42.8 Å². The fraction of sp³-hybridized carbons (Fsp3) is 0.391. The first-order chi connectivity index (χ1) is 15.2. The number of carbonyl (C=O) groups is 1. The van der Waals surface area contributed by atoms with Gasteiger partial charge in [0, 0.05) is 37.8 Å². The predicted octanol–water partition coefficient (Wildman–Crippen LogP) is 3.13. The van der Waals surface area contributed by atoms with Crippen LogP contribution in [0.15, 0.2) is 53.5 Å². The van der Waals surface area contributed by atoms with Crippen molar-refractivity contribution in [3.63, 3.8) is 0 Å². The number of benzene rings is 2. The average molecular weight is 448 g/mol. The number of aliphatic imine (C=N–C) groups is 1. The van der Waals surface area contributed by atoms with Crippen LogP contribution in [-0.4, -0.2) is 42.4 Å². The van der Waals surface area contributed by atoms with E-state index in [1.807, 2.05) is 19.1 Å². The van der Waals surface area contributed by atoms with Crippen LogP contribution in [0.5, 0.6) is 0 Å². The second kappa shape index (κ2) is 10.5. The second-order valence-corrected chi connectivity index (χ2v) is 7.82. The zero-order valence-electron chi connectivity index (χ0n) is 18.0. The quantitative estimate of drug-likeness (QED) is 0.450. The normalized spacial score (nSPS) is 17.4. The Labute approximate surface area is 185 Å². The number of amides is 1. The molecule has 1 aliphatic heterocycles. The lowest BCUT2D eigenvalue weighted by molar-refractivity contribution is -0.137. The number of halogens is 3. The minimum Gasteiger partial charge on any atom is -0.366 e. The molecule has 0 aliphatic carbocycles. The van der Waals surface area contributed by atoms with Crippen LogP contribution in [0.3, 0.4) is 0 Å². The van der Waals surface area contributed by atoms with Crippen LogP contribution in [0, 0.1) is 0 Å². The summed E-state index contributed by atoms with van der Waals surface area (Å²) in [5, 5.41) is 6.67. The number of alkyl halides is 3. The molecule has 32 heavy (non-hydrogen) atoms. The molecule has 1 fully saturated rings. The molecule has 0 bridgehead atoms. The van der Waals surface area contributed by atoms with Gasteiger partial charge in [0.1, 0.15) is 0 Å². The van der Waals surface area contributed by atoms with Gasteiger partial charge in [-0.15, -0.1) is 0 Å². The number of hydrogen-bond donors (Lipinski definition) is 3. The van der Waals surface area contributed by atoms with Crippen molar-refractivity contribution in [2.75, 3.05) is 19.6 Å². The van der Waals surface area contributed by atoms with Gasteiger partial charge in [0.2, 0.25) is 5.91 Å². The van der Waals surface area contributed by atoms with E-state index in [-0.39, 0.29) is 6.04 Å². The zero-order valence-corrected chi connectivity index (χ0v) is 18.0. The standard InChI is InChI=1S/C23H28F3N5O/c1-2-28-22(29-13-16-3-7-18(8-4-16)21(27)32)30-20-11-12-31(15-20)14-17-5-9-19(10-6-17)23(24,25)26/h3-10,20H,2,11-15H2,1H3,(H2,27,32)(H2,28,29,30). The fourth-order valence-corrected chi connectivity index (χ4v) is 3.61. The number of guanidine groups is 1.